The summed E-state index contributed by atoms with van der Waals surface area (Å²) in [7, 11) is -2.18. The quantitative estimate of drug-likeness (QED) is 0.309. The predicted octanol–water partition coefficient (Wildman–Crippen LogP) is 1.00. The van der Waals surface area contributed by atoms with Crippen LogP contribution in [0.4, 0.5) is 0 Å². The summed E-state index contributed by atoms with van der Waals surface area (Å²) in [5.41, 5.74) is 11.8. The first-order valence-corrected chi connectivity index (χ1v) is 11.3. The molecule has 0 fully saturated rings. The molecule has 0 heterocycles. The van der Waals surface area contributed by atoms with Gasteiger partial charge >= 0.3 is 0 Å². The van der Waals surface area contributed by atoms with E-state index in [1.165, 1.54) is 0 Å². The molecular weight excluding hydrogens is 310 g/mol. The molecule has 23 heavy (non-hydrogen) atoms. The molecule has 0 spiro atoms. The van der Waals surface area contributed by atoms with E-state index in [1.54, 1.807) is 0 Å². The van der Waals surface area contributed by atoms with Crippen molar-refractivity contribution in [1.29, 1.82) is 0 Å². The molecule has 0 aliphatic carbocycles. The van der Waals surface area contributed by atoms with Crippen molar-refractivity contribution >= 4 is 8.32 Å². The van der Waals surface area contributed by atoms with E-state index < -0.39 is 20.1 Å². The molecule has 0 rings (SSSR count). The number of aliphatic hydroxyl groups excluding tert-OH is 2. The van der Waals surface area contributed by atoms with Crippen LogP contribution in [-0.2, 0) is 4.43 Å². The van der Waals surface area contributed by atoms with Crippen LogP contribution in [-0.4, -0.2) is 66.7 Å². The molecule has 0 aromatic rings. The highest BCUT2D eigenvalue weighted by molar-refractivity contribution is 6.75. The number of nitrogens with two attached hydrogens (primary N) is 2. The van der Waals surface area contributed by atoms with Crippen LogP contribution in [0.15, 0.2) is 0 Å². The molecule has 0 aromatic carbocycles. The van der Waals surface area contributed by atoms with E-state index in [1.807, 2.05) is 27.7 Å². The van der Waals surface area contributed by atoms with Crippen molar-refractivity contribution in [3.05, 3.63) is 0 Å². The Morgan fingerprint density at radius 2 is 1.74 bits per heavy atom. The molecule has 0 aromatic heterocycles. The van der Waals surface area contributed by atoms with Crippen molar-refractivity contribution in [3.63, 3.8) is 0 Å². The Morgan fingerprint density at radius 3 is 2.13 bits per heavy atom. The van der Waals surface area contributed by atoms with Gasteiger partial charge in [0.25, 0.3) is 0 Å². The fraction of sp³-hybridized carbons (Fsp3) is 1.00. The molecule has 6 nitrogen and oxygen atoms in total. The van der Waals surface area contributed by atoms with E-state index >= 15 is 0 Å². The van der Waals surface area contributed by atoms with Crippen molar-refractivity contribution in [3.8, 4) is 0 Å². The summed E-state index contributed by atoms with van der Waals surface area (Å²) >= 11 is 0. The van der Waals surface area contributed by atoms with Crippen molar-refractivity contribution in [2.24, 2.45) is 11.5 Å². The van der Waals surface area contributed by atoms with Gasteiger partial charge in [-0.2, -0.15) is 0 Å². The minimum absolute atomic E-state index is 0.177. The highest BCUT2D eigenvalue weighted by atomic mass is 28.4. The summed E-state index contributed by atoms with van der Waals surface area (Å²) in [5.74, 6) is 0. The second-order valence-electron chi connectivity index (χ2n) is 7.82. The standard InChI is InChI=1S/C16H39N3O3Si/c1-7-19(11-9-14(21)13-20)10-8-12-23(6,16(4,5)18)22-15(2,3)17/h14,20-21H,7-13,17-18H2,1-6H3. The van der Waals surface area contributed by atoms with Crippen LogP contribution in [0.1, 0.15) is 47.5 Å². The molecule has 0 radical (unpaired) electrons. The van der Waals surface area contributed by atoms with Gasteiger partial charge in [-0.3, -0.25) is 0 Å². The minimum atomic E-state index is -2.18. The second-order valence-corrected chi connectivity index (χ2v) is 12.3. The Kier molecular flexibility index (Phi) is 9.45. The number of rotatable bonds is 12. The average molecular weight is 350 g/mol. The van der Waals surface area contributed by atoms with Crippen molar-refractivity contribution in [2.45, 2.75) is 77.0 Å². The maximum Gasteiger partial charge on any atom is 0.211 e. The van der Waals surface area contributed by atoms with Crippen LogP contribution in [0, 0.1) is 0 Å². The molecule has 2 atom stereocenters. The third-order valence-corrected chi connectivity index (χ3v) is 9.43. The molecule has 0 saturated heterocycles. The highest BCUT2D eigenvalue weighted by Gasteiger charge is 2.45. The van der Waals surface area contributed by atoms with Crippen LogP contribution >= 0.6 is 0 Å². The number of hydrogen-bond donors (Lipinski definition) is 4. The third kappa shape index (κ3) is 9.14. The summed E-state index contributed by atoms with van der Waals surface area (Å²) in [6.45, 7) is 14.5. The van der Waals surface area contributed by atoms with Crippen molar-refractivity contribution in [1.82, 2.24) is 4.90 Å². The molecular formula is C16H39N3O3Si. The molecule has 0 saturated carbocycles. The first kappa shape index (κ1) is 23.0. The Labute approximate surface area is 143 Å². The number of nitrogens with zero attached hydrogens (tertiary/aromatic N) is 1. The second kappa shape index (κ2) is 9.46. The fourth-order valence-electron chi connectivity index (χ4n) is 2.58. The summed E-state index contributed by atoms with van der Waals surface area (Å²) in [6, 6.07) is 0.941. The molecule has 0 amide bonds. The molecule has 6 N–H and O–H groups in total. The maximum absolute atomic E-state index is 9.47. The van der Waals surface area contributed by atoms with Gasteiger partial charge in [-0.05, 0) is 66.2 Å². The lowest BCUT2D eigenvalue weighted by atomic mass is 10.2. The van der Waals surface area contributed by atoms with Gasteiger partial charge in [-0.25, -0.2) is 0 Å². The van der Waals surface area contributed by atoms with Crippen LogP contribution < -0.4 is 11.5 Å². The summed E-state index contributed by atoms with van der Waals surface area (Å²) in [5, 5.41) is 18.0. The van der Waals surface area contributed by atoms with Crippen LogP contribution in [0.5, 0.6) is 0 Å². The predicted molar refractivity (Wildman–Crippen MR) is 98.5 cm³/mol. The molecule has 7 heteroatoms. The SMILES string of the molecule is CCN(CCC[Si](C)(OC(C)(C)N)C(C)(C)N)CCC(O)CO. The lowest BCUT2D eigenvalue weighted by Crippen LogP contribution is -2.64. The van der Waals surface area contributed by atoms with E-state index in [9.17, 15) is 5.11 Å². The van der Waals surface area contributed by atoms with Crippen molar-refractivity contribution in [2.75, 3.05) is 26.2 Å². The lowest BCUT2D eigenvalue weighted by molar-refractivity contribution is 0.0773. The Morgan fingerprint density at radius 1 is 1.17 bits per heavy atom. The maximum atomic E-state index is 9.47. The van der Waals surface area contributed by atoms with E-state index in [2.05, 4.69) is 18.4 Å². The largest absolute Gasteiger partial charge is 0.398 e. The monoisotopic (exact) mass is 349 g/mol. The van der Waals surface area contributed by atoms with E-state index in [0.717, 1.165) is 32.1 Å². The van der Waals surface area contributed by atoms with E-state index in [-0.39, 0.29) is 11.8 Å². The van der Waals surface area contributed by atoms with Crippen LogP contribution in [0.3, 0.4) is 0 Å². The van der Waals surface area contributed by atoms with E-state index in [4.69, 9.17) is 21.0 Å². The zero-order chi connectivity index (χ0) is 18.3. The average Bonchev–Trinajstić information content (AvgIpc) is 2.38. The van der Waals surface area contributed by atoms with Gasteiger partial charge in [0.2, 0.25) is 8.32 Å². The molecule has 2 unspecified atom stereocenters. The van der Waals surface area contributed by atoms with E-state index in [0.29, 0.717) is 6.42 Å². The summed E-state index contributed by atoms with van der Waals surface area (Å²) in [6.07, 6.45) is 0.948. The van der Waals surface area contributed by atoms with Gasteiger partial charge in [0, 0.05) is 11.7 Å². The summed E-state index contributed by atoms with van der Waals surface area (Å²) < 4.78 is 6.22. The van der Waals surface area contributed by atoms with Gasteiger partial charge < -0.3 is 31.0 Å². The molecule has 0 bridgehead atoms. The first-order valence-electron chi connectivity index (χ1n) is 8.64. The number of hydrogen-bond acceptors (Lipinski definition) is 6. The van der Waals surface area contributed by atoms with Gasteiger partial charge in [-0.15, -0.1) is 0 Å². The Balaban J connectivity index is 4.56. The zero-order valence-electron chi connectivity index (χ0n) is 15.9. The van der Waals surface area contributed by atoms with Crippen LogP contribution in [0.2, 0.25) is 12.6 Å². The molecule has 140 valence electrons. The van der Waals surface area contributed by atoms with Gasteiger partial charge in [0.05, 0.1) is 18.4 Å². The minimum Gasteiger partial charge on any atom is -0.398 e. The van der Waals surface area contributed by atoms with Gasteiger partial charge in [0.1, 0.15) is 0 Å². The molecule has 0 aliphatic heterocycles. The topological polar surface area (TPSA) is 105 Å². The zero-order valence-corrected chi connectivity index (χ0v) is 16.9. The third-order valence-electron chi connectivity index (χ3n) is 4.42. The Hall–Kier alpha value is -0.0231. The fourth-order valence-corrected chi connectivity index (χ4v) is 5.58. The highest BCUT2D eigenvalue weighted by Crippen LogP contribution is 2.28. The summed E-state index contributed by atoms with van der Waals surface area (Å²) in [4.78, 5) is 2.28. The van der Waals surface area contributed by atoms with Gasteiger partial charge in [-0.1, -0.05) is 6.92 Å². The Bertz CT molecular complexity index is 332. The van der Waals surface area contributed by atoms with Crippen molar-refractivity contribution < 1.29 is 14.6 Å². The molecule has 0 aliphatic rings. The van der Waals surface area contributed by atoms with Gasteiger partial charge in [0.15, 0.2) is 0 Å². The van der Waals surface area contributed by atoms with Crippen LogP contribution in [0.25, 0.3) is 0 Å². The lowest BCUT2D eigenvalue weighted by Gasteiger charge is -2.43. The number of aliphatic hydroxyl groups is 2. The normalized spacial score (nSPS) is 17.3. The first-order chi connectivity index (χ1) is 10.3. The smallest absolute Gasteiger partial charge is 0.211 e.